The normalized spacial score (nSPS) is 29.3. The summed E-state index contributed by atoms with van der Waals surface area (Å²) in [5, 5.41) is 0. The van der Waals surface area contributed by atoms with Crippen molar-refractivity contribution >= 4 is 0 Å². The maximum atomic E-state index is 5.88. The van der Waals surface area contributed by atoms with Crippen molar-refractivity contribution in [2.75, 3.05) is 26.7 Å². The predicted octanol–water partition coefficient (Wildman–Crippen LogP) is 1.33. The van der Waals surface area contributed by atoms with Crippen molar-refractivity contribution in [3.05, 3.63) is 0 Å². The van der Waals surface area contributed by atoms with Crippen molar-refractivity contribution in [3.8, 4) is 0 Å². The Morgan fingerprint density at radius 2 is 2.15 bits per heavy atom. The standard InChI is InChI=1S/C8H18N2O.C2H6.H2/c1-3-11-8-6-10(2)5-4-7(8)9;1-2;/h7-8H,3-6,9H2,1-2H3;1-2H3;1H. The Kier molecular flexibility index (Phi) is 7.23. The summed E-state index contributed by atoms with van der Waals surface area (Å²) in [5.41, 5.74) is 5.88. The van der Waals surface area contributed by atoms with E-state index in [-0.39, 0.29) is 13.6 Å². The van der Waals surface area contributed by atoms with E-state index < -0.39 is 0 Å². The predicted molar refractivity (Wildman–Crippen MR) is 59.0 cm³/mol. The van der Waals surface area contributed by atoms with Crippen molar-refractivity contribution in [2.24, 2.45) is 5.73 Å². The first kappa shape index (κ1) is 12.9. The molecule has 0 aromatic heterocycles. The number of likely N-dealkylation sites (tertiary alicyclic amines) is 1. The quantitative estimate of drug-likeness (QED) is 0.714. The van der Waals surface area contributed by atoms with Gasteiger partial charge < -0.3 is 15.4 Å². The smallest absolute Gasteiger partial charge is 0.0852 e. The number of hydrogen-bond acceptors (Lipinski definition) is 3. The van der Waals surface area contributed by atoms with E-state index in [1.807, 2.05) is 20.8 Å². The van der Waals surface area contributed by atoms with E-state index in [0.29, 0.717) is 0 Å². The highest BCUT2D eigenvalue weighted by Crippen LogP contribution is 2.10. The fourth-order valence-electron chi connectivity index (χ4n) is 1.48. The van der Waals surface area contributed by atoms with Gasteiger partial charge in [-0.2, -0.15) is 0 Å². The Morgan fingerprint density at radius 1 is 1.54 bits per heavy atom. The van der Waals surface area contributed by atoms with Gasteiger partial charge in [0.25, 0.3) is 0 Å². The highest BCUT2D eigenvalue weighted by atomic mass is 16.5. The van der Waals surface area contributed by atoms with Crippen LogP contribution in [0.3, 0.4) is 0 Å². The van der Waals surface area contributed by atoms with Gasteiger partial charge in [-0.05, 0) is 26.9 Å². The monoisotopic (exact) mass is 190 g/mol. The van der Waals surface area contributed by atoms with Gasteiger partial charge in [0.1, 0.15) is 0 Å². The minimum atomic E-state index is 0. The average molecular weight is 190 g/mol. The Morgan fingerprint density at radius 3 is 2.69 bits per heavy atom. The maximum Gasteiger partial charge on any atom is 0.0852 e. The summed E-state index contributed by atoms with van der Waals surface area (Å²) in [4.78, 5) is 2.27. The largest absolute Gasteiger partial charge is 0.376 e. The molecule has 1 heterocycles. The number of piperidine rings is 1. The third kappa shape index (κ3) is 4.60. The molecule has 0 aliphatic carbocycles. The minimum absolute atomic E-state index is 0. The van der Waals surface area contributed by atoms with Crippen LogP contribution in [0.4, 0.5) is 0 Å². The molecule has 0 aromatic rings. The highest BCUT2D eigenvalue weighted by molar-refractivity contribution is 4.82. The first-order chi connectivity index (χ1) is 6.24. The molecule has 13 heavy (non-hydrogen) atoms. The van der Waals surface area contributed by atoms with E-state index in [0.717, 1.165) is 26.1 Å². The van der Waals surface area contributed by atoms with Crippen molar-refractivity contribution in [1.82, 2.24) is 4.90 Å². The molecular formula is C10H26N2O. The van der Waals surface area contributed by atoms with Gasteiger partial charge in [0.15, 0.2) is 0 Å². The number of nitrogens with zero attached hydrogens (tertiary/aromatic N) is 1. The summed E-state index contributed by atoms with van der Waals surface area (Å²) < 4.78 is 5.50. The molecule has 0 amide bonds. The average Bonchev–Trinajstić information content (AvgIpc) is 2.15. The van der Waals surface area contributed by atoms with E-state index in [1.165, 1.54) is 0 Å². The summed E-state index contributed by atoms with van der Waals surface area (Å²) in [6.45, 7) is 8.87. The van der Waals surface area contributed by atoms with Crippen LogP contribution < -0.4 is 5.73 Å². The van der Waals surface area contributed by atoms with Crippen molar-refractivity contribution in [2.45, 2.75) is 39.3 Å². The van der Waals surface area contributed by atoms with Gasteiger partial charge in [0.05, 0.1) is 6.10 Å². The maximum absolute atomic E-state index is 5.88. The van der Waals surface area contributed by atoms with Gasteiger partial charge in [-0.3, -0.25) is 0 Å². The molecule has 2 N–H and O–H groups in total. The third-order valence-corrected chi connectivity index (χ3v) is 2.19. The van der Waals surface area contributed by atoms with Crippen LogP contribution in [0.15, 0.2) is 0 Å². The lowest BCUT2D eigenvalue weighted by Gasteiger charge is -2.34. The van der Waals surface area contributed by atoms with E-state index in [1.54, 1.807) is 0 Å². The fraction of sp³-hybridized carbons (Fsp3) is 1.00. The number of likely N-dealkylation sites (N-methyl/N-ethyl adjacent to an activating group) is 1. The van der Waals surface area contributed by atoms with Gasteiger partial charge in [-0.1, -0.05) is 13.8 Å². The zero-order valence-electron chi connectivity index (χ0n) is 9.42. The second-order valence-electron chi connectivity index (χ2n) is 3.21. The lowest BCUT2D eigenvalue weighted by Crippen LogP contribution is -2.50. The van der Waals surface area contributed by atoms with Gasteiger partial charge >= 0.3 is 0 Å². The molecule has 1 saturated heterocycles. The second-order valence-corrected chi connectivity index (χ2v) is 3.21. The van der Waals surface area contributed by atoms with Crippen LogP contribution in [-0.2, 0) is 4.74 Å². The Bertz CT molecular complexity index is 125. The molecule has 3 nitrogen and oxygen atoms in total. The SMILES string of the molecule is CC.CCOC1CN(C)CCC1N.[HH]. The molecule has 0 radical (unpaired) electrons. The summed E-state index contributed by atoms with van der Waals surface area (Å²) in [6.07, 6.45) is 1.31. The van der Waals surface area contributed by atoms with Crippen LogP contribution in [0.2, 0.25) is 0 Å². The van der Waals surface area contributed by atoms with Crippen molar-refractivity contribution in [3.63, 3.8) is 0 Å². The number of ether oxygens (including phenoxy) is 1. The molecule has 2 unspecified atom stereocenters. The molecule has 1 aliphatic heterocycles. The molecule has 1 aliphatic rings. The third-order valence-electron chi connectivity index (χ3n) is 2.19. The number of rotatable bonds is 2. The van der Waals surface area contributed by atoms with E-state index in [2.05, 4.69) is 11.9 Å². The van der Waals surface area contributed by atoms with Crippen LogP contribution in [0.1, 0.15) is 28.6 Å². The van der Waals surface area contributed by atoms with Crippen LogP contribution in [0, 0.1) is 0 Å². The zero-order valence-corrected chi connectivity index (χ0v) is 9.42. The van der Waals surface area contributed by atoms with Crippen LogP contribution in [0.5, 0.6) is 0 Å². The summed E-state index contributed by atoms with van der Waals surface area (Å²) in [6, 6.07) is 0.242. The van der Waals surface area contributed by atoms with E-state index in [9.17, 15) is 0 Å². The second kappa shape index (κ2) is 7.30. The van der Waals surface area contributed by atoms with Crippen LogP contribution >= 0.6 is 0 Å². The highest BCUT2D eigenvalue weighted by Gasteiger charge is 2.24. The van der Waals surface area contributed by atoms with Gasteiger partial charge in [0.2, 0.25) is 0 Å². The van der Waals surface area contributed by atoms with Crippen molar-refractivity contribution < 1.29 is 6.16 Å². The van der Waals surface area contributed by atoms with E-state index in [4.69, 9.17) is 10.5 Å². The number of hydrogen-bond donors (Lipinski definition) is 1. The Hall–Kier alpha value is -0.120. The molecule has 1 rings (SSSR count). The summed E-state index contributed by atoms with van der Waals surface area (Å²) in [5.74, 6) is 0. The number of nitrogens with two attached hydrogens (primary N) is 1. The fourth-order valence-corrected chi connectivity index (χ4v) is 1.48. The molecule has 2 atom stereocenters. The Balaban J connectivity index is 0. The van der Waals surface area contributed by atoms with Gasteiger partial charge in [0, 0.05) is 20.6 Å². The molecule has 3 heteroatoms. The topological polar surface area (TPSA) is 38.5 Å². The summed E-state index contributed by atoms with van der Waals surface area (Å²) in [7, 11) is 2.11. The molecular weight excluding hydrogens is 164 g/mol. The molecule has 0 bridgehead atoms. The first-order valence-electron chi connectivity index (χ1n) is 5.29. The van der Waals surface area contributed by atoms with E-state index >= 15 is 0 Å². The van der Waals surface area contributed by atoms with Crippen molar-refractivity contribution in [1.29, 1.82) is 0 Å². The lowest BCUT2D eigenvalue weighted by atomic mass is 10.0. The van der Waals surface area contributed by atoms with Crippen LogP contribution in [0.25, 0.3) is 0 Å². The zero-order chi connectivity index (χ0) is 10.3. The van der Waals surface area contributed by atoms with Crippen LogP contribution in [-0.4, -0.2) is 43.8 Å². The molecule has 0 saturated carbocycles. The molecule has 0 aromatic carbocycles. The molecule has 0 spiro atoms. The molecule has 1 fully saturated rings. The molecule has 82 valence electrons. The minimum Gasteiger partial charge on any atom is -0.376 e. The summed E-state index contributed by atoms with van der Waals surface area (Å²) >= 11 is 0. The lowest BCUT2D eigenvalue weighted by molar-refractivity contribution is -0.000129. The first-order valence-corrected chi connectivity index (χ1v) is 5.29. The van der Waals surface area contributed by atoms with Gasteiger partial charge in [-0.15, -0.1) is 0 Å². The van der Waals surface area contributed by atoms with Gasteiger partial charge in [-0.25, -0.2) is 0 Å². The Labute approximate surface area is 83.7 Å².